The monoisotopic (exact) mass is 333 g/mol. The Morgan fingerprint density at radius 2 is 2.08 bits per heavy atom. The predicted octanol–water partition coefficient (Wildman–Crippen LogP) is 1.36. The van der Waals surface area contributed by atoms with Crippen molar-refractivity contribution in [1.82, 2.24) is 19.6 Å². The summed E-state index contributed by atoms with van der Waals surface area (Å²) in [4.78, 5) is 28.1. The van der Waals surface area contributed by atoms with Crippen LogP contribution in [0.1, 0.15) is 37.7 Å². The summed E-state index contributed by atoms with van der Waals surface area (Å²) < 4.78 is 1.93. The molecule has 2 atom stereocenters. The van der Waals surface area contributed by atoms with Gasteiger partial charge in [-0.15, -0.1) is 0 Å². The van der Waals surface area contributed by atoms with Crippen LogP contribution in [0, 0.1) is 12.8 Å². The number of aryl methyl sites for hydroxylation is 1. The van der Waals surface area contributed by atoms with Gasteiger partial charge >= 0.3 is 6.03 Å². The van der Waals surface area contributed by atoms with E-state index < -0.39 is 6.03 Å². The van der Waals surface area contributed by atoms with Gasteiger partial charge in [-0.2, -0.15) is 5.10 Å². The van der Waals surface area contributed by atoms with Gasteiger partial charge in [0.2, 0.25) is 5.91 Å². The molecule has 1 aromatic heterocycles. The Morgan fingerprint density at radius 1 is 1.25 bits per heavy atom. The summed E-state index contributed by atoms with van der Waals surface area (Å²) >= 11 is 0. The van der Waals surface area contributed by atoms with Crippen LogP contribution < -0.4 is 5.73 Å². The molecule has 2 aliphatic rings. The fourth-order valence-electron chi connectivity index (χ4n) is 3.88. The number of piperidine rings is 2. The molecule has 0 spiro atoms. The van der Waals surface area contributed by atoms with Crippen molar-refractivity contribution in [2.45, 2.75) is 51.6 Å². The van der Waals surface area contributed by atoms with Crippen LogP contribution in [0.5, 0.6) is 0 Å². The summed E-state index contributed by atoms with van der Waals surface area (Å²) in [5, 5.41) is 4.36. The highest BCUT2D eigenvalue weighted by Gasteiger charge is 2.34. The van der Waals surface area contributed by atoms with Crippen LogP contribution >= 0.6 is 0 Å². The maximum Gasteiger partial charge on any atom is 0.314 e. The Labute approximate surface area is 142 Å². The first kappa shape index (κ1) is 16.8. The van der Waals surface area contributed by atoms with Gasteiger partial charge in [0.25, 0.3) is 0 Å². The quantitative estimate of drug-likeness (QED) is 0.906. The minimum Gasteiger partial charge on any atom is -0.351 e. The lowest BCUT2D eigenvalue weighted by molar-refractivity contribution is -0.141. The van der Waals surface area contributed by atoms with Crippen molar-refractivity contribution in [3.05, 3.63) is 18.0 Å². The van der Waals surface area contributed by atoms with Crippen LogP contribution in [0.2, 0.25) is 0 Å². The van der Waals surface area contributed by atoms with Crippen molar-refractivity contribution in [2.24, 2.45) is 11.7 Å². The van der Waals surface area contributed by atoms with E-state index in [0.717, 1.165) is 50.8 Å². The number of urea groups is 1. The molecule has 0 radical (unpaired) electrons. The molecule has 24 heavy (non-hydrogen) atoms. The van der Waals surface area contributed by atoms with Crippen LogP contribution in [-0.4, -0.2) is 57.2 Å². The van der Waals surface area contributed by atoms with Crippen molar-refractivity contribution in [1.29, 1.82) is 0 Å². The van der Waals surface area contributed by atoms with Crippen molar-refractivity contribution < 1.29 is 9.59 Å². The minimum absolute atomic E-state index is 0.119. The summed E-state index contributed by atoms with van der Waals surface area (Å²) in [6, 6.07) is -0.232. The van der Waals surface area contributed by atoms with Crippen LogP contribution in [0.4, 0.5) is 4.79 Å². The molecule has 0 bridgehead atoms. The van der Waals surface area contributed by atoms with Gasteiger partial charge in [0.15, 0.2) is 0 Å². The van der Waals surface area contributed by atoms with Gasteiger partial charge in [-0.1, -0.05) is 0 Å². The van der Waals surface area contributed by atoms with E-state index in [1.54, 1.807) is 4.90 Å². The van der Waals surface area contributed by atoms with Gasteiger partial charge < -0.3 is 15.5 Å². The summed E-state index contributed by atoms with van der Waals surface area (Å²) in [6.45, 7) is 4.68. The van der Waals surface area contributed by atoms with Gasteiger partial charge in [0, 0.05) is 25.8 Å². The fourth-order valence-corrected chi connectivity index (χ4v) is 3.88. The van der Waals surface area contributed by atoms with Crippen molar-refractivity contribution >= 4 is 11.9 Å². The third-order valence-electron chi connectivity index (χ3n) is 5.15. The fraction of sp³-hybridized carbons (Fsp3) is 0.706. The average molecular weight is 333 g/mol. The molecule has 3 rings (SSSR count). The second kappa shape index (κ2) is 7.23. The molecule has 132 valence electrons. The number of primary amides is 1. The average Bonchev–Trinajstić information content (AvgIpc) is 3.00. The van der Waals surface area contributed by atoms with E-state index in [-0.39, 0.29) is 17.9 Å². The van der Waals surface area contributed by atoms with E-state index in [9.17, 15) is 9.59 Å². The lowest BCUT2D eigenvalue weighted by Crippen LogP contribution is -2.52. The topological polar surface area (TPSA) is 84.5 Å². The number of hydrogen-bond acceptors (Lipinski definition) is 3. The van der Waals surface area contributed by atoms with E-state index >= 15 is 0 Å². The largest absolute Gasteiger partial charge is 0.351 e. The molecule has 2 aliphatic heterocycles. The number of nitrogens with zero attached hydrogens (tertiary/aromatic N) is 4. The third kappa shape index (κ3) is 3.71. The lowest BCUT2D eigenvalue weighted by Gasteiger charge is -2.40. The highest BCUT2D eigenvalue weighted by Crippen LogP contribution is 2.25. The Morgan fingerprint density at radius 3 is 2.79 bits per heavy atom. The first-order valence-corrected chi connectivity index (χ1v) is 8.88. The number of aromatic nitrogens is 2. The first-order chi connectivity index (χ1) is 11.5. The zero-order chi connectivity index (χ0) is 17.1. The molecule has 0 aromatic carbocycles. The number of hydrogen-bond donors (Lipinski definition) is 1. The van der Waals surface area contributed by atoms with Crippen molar-refractivity contribution in [3.63, 3.8) is 0 Å². The number of nitrogens with two attached hydrogens (primary N) is 1. The number of likely N-dealkylation sites (tertiary alicyclic amines) is 2. The molecular weight excluding hydrogens is 306 g/mol. The Kier molecular flexibility index (Phi) is 5.06. The van der Waals surface area contributed by atoms with E-state index in [2.05, 4.69) is 5.10 Å². The Hall–Kier alpha value is -2.05. The predicted molar refractivity (Wildman–Crippen MR) is 90.2 cm³/mol. The maximum atomic E-state index is 13.0. The SMILES string of the molecule is Cc1cnn(C[C@H]2CCCCN2C(=O)[C@H]2CCCN(C(N)=O)C2)c1. The highest BCUT2D eigenvalue weighted by molar-refractivity contribution is 5.81. The van der Waals surface area contributed by atoms with Crippen LogP contribution in [0.25, 0.3) is 0 Å². The van der Waals surface area contributed by atoms with Crippen molar-refractivity contribution in [2.75, 3.05) is 19.6 Å². The second-order valence-corrected chi connectivity index (χ2v) is 7.04. The molecule has 2 N–H and O–H groups in total. The molecule has 0 saturated carbocycles. The summed E-state index contributed by atoms with van der Waals surface area (Å²) in [5.41, 5.74) is 6.52. The smallest absolute Gasteiger partial charge is 0.314 e. The highest BCUT2D eigenvalue weighted by atomic mass is 16.2. The van der Waals surface area contributed by atoms with Crippen LogP contribution in [-0.2, 0) is 11.3 Å². The van der Waals surface area contributed by atoms with E-state index in [1.807, 2.05) is 28.9 Å². The van der Waals surface area contributed by atoms with E-state index in [4.69, 9.17) is 5.73 Å². The minimum atomic E-state index is -0.422. The Balaban J connectivity index is 1.67. The van der Waals surface area contributed by atoms with E-state index in [1.165, 1.54) is 0 Å². The van der Waals surface area contributed by atoms with Crippen LogP contribution in [0.3, 0.4) is 0 Å². The maximum absolute atomic E-state index is 13.0. The van der Waals surface area contributed by atoms with Gasteiger partial charge in [0.1, 0.15) is 0 Å². The normalized spacial score (nSPS) is 24.9. The lowest BCUT2D eigenvalue weighted by atomic mass is 9.93. The number of carbonyl (C=O) groups is 2. The van der Waals surface area contributed by atoms with Gasteiger partial charge in [-0.25, -0.2) is 4.79 Å². The molecule has 0 unspecified atom stereocenters. The number of rotatable bonds is 3. The molecule has 1 aromatic rings. The number of amides is 3. The third-order valence-corrected chi connectivity index (χ3v) is 5.15. The standard InChI is InChI=1S/C17H27N5O2/c1-13-9-19-21(10-13)12-15-6-2-3-8-22(15)16(23)14-5-4-7-20(11-14)17(18)24/h9-10,14-15H,2-8,11-12H2,1H3,(H2,18,24)/t14-,15+/m0/s1. The number of carbonyl (C=O) groups excluding carboxylic acids is 2. The van der Waals surface area contributed by atoms with Crippen LogP contribution in [0.15, 0.2) is 12.4 Å². The molecule has 7 nitrogen and oxygen atoms in total. The summed E-state index contributed by atoms with van der Waals surface area (Å²) in [7, 11) is 0. The molecule has 7 heteroatoms. The molecule has 0 aliphatic carbocycles. The van der Waals surface area contributed by atoms with Crippen molar-refractivity contribution in [3.8, 4) is 0 Å². The van der Waals surface area contributed by atoms with Gasteiger partial charge in [-0.3, -0.25) is 9.48 Å². The van der Waals surface area contributed by atoms with E-state index in [0.29, 0.717) is 13.1 Å². The first-order valence-electron chi connectivity index (χ1n) is 8.88. The molecule has 2 fully saturated rings. The molecule has 2 saturated heterocycles. The molecular formula is C17H27N5O2. The summed E-state index contributed by atoms with van der Waals surface area (Å²) in [6.07, 6.45) is 8.76. The molecule has 3 amide bonds. The zero-order valence-corrected chi connectivity index (χ0v) is 14.4. The van der Waals surface area contributed by atoms with Gasteiger partial charge in [0.05, 0.1) is 24.7 Å². The molecule has 3 heterocycles. The van der Waals surface area contributed by atoms with Gasteiger partial charge in [-0.05, 0) is 44.6 Å². The summed E-state index contributed by atoms with van der Waals surface area (Å²) in [5.74, 6) is 0.0562. The Bertz CT molecular complexity index is 600. The second-order valence-electron chi connectivity index (χ2n) is 7.04. The zero-order valence-electron chi connectivity index (χ0n) is 14.4.